The van der Waals surface area contributed by atoms with Crippen molar-refractivity contribution in [3.05, 3.63) is 45.6 Å². The molecule has 112 valence electrons. The van der Waals surface area contributed by atoms with Crippen LogP contribution in [0.25, 0.3) is 10.6 Å². The van der Waals surface area contributed by atoms with Crippen LogP contribution in [0.3, 0.4) is 0 Å². The average molecular weight is 394 g/mol. The molecule has 3 rings (SSSR count). The highest BCUT2D eigenvalue weighted by Crippen LogP contribution is 2.24. The number of hydrogen-bond acceptors (Lipinski definition) is 6. The van der Waals surface area contributed by atoms with Crippen LogP contribution in [0.1, 0.15) is 5.56 Å². The summed E-state index contributed by atoms with van der Waals surface area (Å²) >= 11 is 6.44. The zero-order valence-electron chi connectivity index (χ0n) is 11.9. The van der Waals surface area contributed by atoms with E-state index in [0.29, 0.717) is 5.82 Å². The van der Waals surface area contributed by atoms with Crippen LogP contribution >= 0.6 is 39.0 Å². The number of nitrogens with zero attached hydrogens (tertiary/aromatic N) is 4. The van der Waals surface area contributed by atoms with E-state index < -0.39 is 0 Å². The van der Waals surface area contributed by atoms with E-state index in [4.69, 9.17) is 0 Å². The molecular weight excluding hydrogens is 382 g/mol. The Kier molecular flexibility index (Phi) is 4.70. The lowest BCUT2D eigenvalue weighted by atomic mass is 10.2. The first-order valence-electron chi connectivity index (χ1n) is 6.38. The predicted octanol–water partition coefficient (Wildman–Crippen LogP) is 3.95. The lowest BCUT2D eigenvalue weighted by molar-refractivity contribution is 0.961. The number of aromatic amines is 1. The molecule has 0 unspecified atom stereocenters. The number of pyridine rings is 1. The second-order valence-corrected chi connectivity index (χ2v) is 7.11. The van der Waals surface area contributed by atoms with Crippen LogP contribution in [0.15, 0.2) is 45.3 Å². The molecule has 22 heavy (non-hydrogen) atoms. The Morgan fingerprint density at radius 1 is 1.27 bits per heavy atom. The van der Waals surface area contributed by atoms with Gasteiger partial charge in [-0.15, -0.1) is 0 Å². The zero-order valence-corrected chi connectivity index (χ0v) is 15.1. The molecule has 0 saturated carbocycles. The minimum absolute atomic E-state index is 0.664. The Morgan fingerprint density at radius 3 is 2.86 bits per heavy atom. The third-order valence-corrected chi connectivity index (χ3v) is 4.79. The summed E-state index contributed by atoms with van der Waals surface area (Å²) in [6, 6.07) is 3.78. The Bertz CT molecular complexity index is 854. The number of hydrogen-bond donors (Lipinski definition) is 1. The second-order valence-electron chi connectivity index (χ2n) is 4.39. The monoisotopic (exact) mass is 393 g/mol. The maximum atomic E-state index is 4.57. The van der Waals surface area contributed by atoms with Crippen LogP contribution in [0, 0.1) is 6.92 Å². The van der Waals surface area contributed by atoms with E-state index in [0.717, 1.165) is 30.6 Å². The number of thiazole rings is 1. The Balaban J connectivity index is 1.98. The zero-order chi connectivity index (χ0) is 15.5. The van der Waals surface area contributed by atoms with E-state index in [1.807, 2.05) is 37.7 Å². The fourth-order valence-electron chi connectivity index (χ4n) is 1.77. The first kappa shape index (κ1) is 15.4. The summed E-state index contributed by atoms with van der Waals surface area (Å²) in [5, 5.41) is 0.766. The third kappa shape index (κ3) is 3.45. The maximum absolute atomic E-state index is 4.57. The van der Waals surface area contributed by atoms with Gasteiger partial charge in [-0.05, 0) is 46.8 Å². The molecule has 0 atom stereocenters. The molecule has 0 spiro atoms. The second kappa shape index (κ2) is 6.72. The summed E-state index contributed by atoms with van der Waals surface area (Å²) in [7, 11) is 0. The van der Waals surface area contributed by atoms with Gasteiger partial charge in [0.2, 0.25) is 0 Å². The van der Waals surface area contributed by atoms with E-state index in [2.05, 4.69) is 40.9 Å². The fraction of sp³-hybridized carbons (Fsp3) is 0.143. The number of aromatic nitrogens is 4. The number of nitrogens with one attached hydrogen (secondary N) is 1. The summed E-state index contributed by atoms with van der Waals surface area (Å²) in [6.07, 6.45) is 7.46. The molecule has 1 N–H and O–H groups in total. The van der Waals surface area contributed by atoms with E-state index in [1.165, 1.54) is 11.8 Å². The van der Waals surface area contributed by atoms with Crippen LogP contribution in [-0.2, 0) is 0 Å². The lowest BCUT2D eigenvalue weighted by Crippen LogP contribution is -1.95. The van der Waals surface area contributed by atoms with Crippen molar-refractivity contribution in [1.29, 1.82) is 0 Å². The molecule has 0 aromatic carbocycles. The fourth-order valence-corrected chi connectivity index (χ4v) is 3.24. The summed E-state index contributed by atoms with van der Waals surface area (Å²) < 4.78 is 0.934. The van der Waals surface area contributed by atoms with Gasteiger partial charge in [-0.3, -0.25) is 0 Å². The van der Waals surface area contributed by atoms with E-state index in [-0.39, 0.29) is 0 Å². The van der Waals surface area contributed by atoms with E-state index in [1.54, 1.807) is 17.5 Å². The van der Waals surface area contributed by atoms with Gasteiger partial charge in [0.1, 0.15) is 0 Å². The van der Waals surface area contributed by atoms with Gasteiger partial charge in [-0.1, -0.05) is 23.1 Å². The molecule has 3 heterocycles. The van der Waals surface area contributed by atoms with Gasteiger partial charge < -0.3 is 4.98 Å². The predicted molar refractivity (Wildman–Crippen MR) is 93.4 cm³/mol. The van der Waals surface area contributed by atoms with Gasteiger partial charge in [0.15, 0.2) is 15.8 Å². The summed E-state index contributed by atoms with van der Waals surface area (Å²) in [5.74, 6) is 0.664. The third-order valence-electron chi connectivity index (χ3n) is 2.83. The van der Waals surface area contributed by atoms with Crippen molar-refractivity contribution < 1.29 is 0 Å². The number of halogens is 1. The Hall–Kier alpha value is -1.51. The largest absolute Gasteiger partial charge is 0.337 e. The topological polar surface area (TPSA) is 66.8 Å². The molecule has 3 aromatic heterocycles. The van der Waals surface area contributed by atoms with Crippen molar-refractivity contribution in [3.63, 3.8) is 0 Å². The highest BCUT2D eigenvalue weighted by Gasteiger charge is 2.08. The minimum atomic E-state index is 0.664. The van der Waals surface area contributed by atoms with Crippen molar-refractivity contribution in [2.75, 3.05) is 6.26 Å². The van der Waals surface area contributed by atoms with Gasteiger partial charge in [0.25, 0.3) is 0 Å². The molecule has 0 radical (unpaired) electrons. The first-order chi connectivity index (χ1) is 10.7. The molecule has 0 aliphatic carbocycles. The molecular formula is C14H12BrN5S2. The quantitative estimate of drug-likeness (QED) is 0.540. The molecule has 5 nitrogen and oxygen atoms in total. The molecule has 3 aromatic rings. The smallest absolute Gasteiger partial charge is 0.189 e. The summed E-state index contributed by atoms with van der Waals surface area (Å²) in [5.41, 5.74) is 1.98. The number of H-pyrrole nitrogens is 1. The first-order valence-corrected chi connectivity index (χ1v) is 9.22. The van der Waals surface area contributed by atoms with Crippen molar-refractivity contribution in [2.24, 2.45) is 4.99 Å². The Labute approximate surface area is 144 Å². The molecule has 0 saturated heterocycles. The highest BCUT2D eigenvalue weighted by atomic mass is 79.9. The molecule has 0 aliphatic heterocycles. The standard InChI is InChI=1S/C14H12BrN5S2/c1-8-5-17-13(21-2)20-12(8)10-7-18-14(22-10)19-11-4-3-9(15)6-16-11/h3-7H,1-2H3,(H,16,18,19). The Morgan fingerprint density at radius 2 is 2.14 bits per heavy atom. The lowest BCUT2D eigenvalue weighted by Gasteiger charge is -2.02. The van der Waals surface area contributed by atoms with Gasteiger partial charge in [0, 0.05) is 23.1 Å². The van der Waals surface area contributed by atoms with Gasteiger partial charge in [-0.25, -0.2) is 19.9 Å². The van der Waals surface area contributed by atoms with Crippen molar-refractivity contribution in [1.82, 2.24) is 19.9 Å². The van der Waals surface area contributed by atoms with Gasteiger partial charge >= 0.3 is 0 Å². The number of thioether (sulfide) groups is 1. The molecule has 0 amide bonds. The highest BCUT2D eigenvalue weighted by molar-refractivity contribution is 9.10. The van der Waals surface area contributed by atoms with Crippen LogP contribution in [0.4, 0.5) is 5.82 Å². The van der Waals surface area contributed by atoms with E-state index in [9.17, 15) is 0 Å². The number of rotatable bonds is 3. The maximum Gasteiger partial charge on any atom is 0.189 e. The van der Waals surface area contributed by atoms with Crippen molar-refractivity contribution >= 4 is 44.8 Å². The van der Waals surface area contributed by atoms with Crippen LogP contribution in [0.5, 0.6) is 0 Å². The molecule has 0 fully saturated rings. The SMILES string of the molecule is CSc1ncc(C)c(-c2c[nH]/c(=N/c3ccc(Br)cn3)s2)n1. The van der Waals surface area contributed by atoms with Crippen LogP contribution < -0.4 is 4.80 Å². The summed E-state index contributed by atoms with van der Waals surface area (Å²) in [4.78, 5) is 22.6. The van der Waals surface area contributed by atoms with Crippen LogP contribution in [0.2, 0.25) is 0 Å². The average Bonchev–Trinajstić information content (AvgIpc) is 2.98. The number of aryl methyl sites for hydroxylation is 1. The summed E-state index contributed by atoms with van der Waals surface area (Å²) in [6.45, 7) is 2.01. The van der Waals surface area contributed by atoms with Gasteiger partial charge in [0.05, 0.1) is 10.6 Å². The molecule has 8 heteroatoms. The minimum Gasteiger partial charge on any atom is -0.337 e. The van der Waals surface area contributed by atoms with E-state index >= 15 is 0 Å². The van der Waals surface area contributed by atoms with Crippen molar-refractivity contribution in [3.8, 4) is 10.6 Å². The molecule has 0 aliphatic rings. The molecule has 0 bridgehead atoms. The van der Waals surface area contributed by atoms with Crippen molar-refractivity contribution in [2.45, 2.75) is 12.1 Å². The normalized spacial score (nSPS) is 11.9. The van der Waals surface area contributed by atoms with Gasteiger partial charge in [-0.2, -0.15) is 0 Å². The van der Waals surface area contributed by atoms with Crippen LogP contribution in [-0.4, -0.2) is 26.2 Å².